The molecular formula is C12H14O3. The summed E-state index contributed by atoms with van der Waals surface area (Å²) >= 11 is 0. The van der Waals surface area contributed by atoms with Gasteiger partial charge < -0.3 is 10.2 Å². The van der Waals surface area contributed by atoms with Crippen LogP contribution in [0.3, 0.4) is 0 Å². The Labute approximate surface area is 88.4 Å². The molecule has 2 rings (SSSR count). The molecule has 1 aliphatic carbocycles. The summed E-state index contributed by atoms with van der Waals surface area (Å²) in [6.45, 7) is 4.12. The number of fused-ring (bicyclic) bond motifs is 1. The summed E-state index contributed by atoms with van der Waals surface area (Å²) in [4.78, 5) is 10.8. The maximum Gasteiger partial charge on any atom is 0.335 e. The molecule has 1 atom stereocenters. The van der Waals surface area contributed by atoms with Crippen molar-refractivity contribution in [3.8, 4) is 0 Å². The highest BCUT2D eigenvalue weighted by Crippen LogP contribution is 2.44. The Morgan fingerprint density at radius 3 is 2.73 bits per heavy atom. The van der Waals surface area contributed by atoms with E-state index in [1.807, 2.05) is 6.07 Å². The van der Waals surface area contributed by atoms with Gasteiger partial charge in [-0.2, -0.15) is 0 Å². The van der Waals surface area contributed by atoms with E-state index in [0.29, 0.717) is 6.42 Å². The zero-order chi connectivity index (χ0) is 11.2. The molecule has 2 N–H and O–H groups in total. The summed E-state index contributed by atoms with van der Waals surface area (Å²) in [5.41, 5.74) is 2.00. The average Bonchev–Trinajstić information content (AvgIpc) is 2.37. The van der Waals surface area contributed by atoms with Crippen LogP contribution in [0.4, 0.5) is 0 Å². The first-order valence-corrected chi connectivity index (χ1v) is 4.97. The Hall–Kier alpha value is -1.35. The predicted molar refractivity (Wildman–Crippen MR) is 56.0 cm³/mol. The van der Waals surface area contributed by atoms with Crippen LogP contribution in [0.15, 0.2) is 18.2 Å². The molecule has 0 fully saturated rings. The third-order valence-corrected chi connectivity index (χ3v) is 3.09. The molecule has 3 nitrogen and oxygen atoms in total. The van der Waals surface area contributed by atoms with Gasteiger partial charge in [0.05, 0.1) is 11.7 Å². The molecule has 0 saturated carbocycles. The Morgan fingerprint density at radius 2 is 2.13 bits per heavy atom. The van der Waals surface area contributed by atoms with E-state index in [4.69, 9.17) is 5.11 Å². The second-order valence-corrected chi connectivity index (χ2v) is 4.71. The number of rotatable bonds is 1. The third kappa shape index (κ3) is 1.53. The van der Waals surface area contributed by atoms with Gasteiger partial charge in [-0.25, -0.2) is 4.79 Å². The van der Waals surface area contributed by atoms with Gasteiger partial charge in [0.1, 0.15) is 0 Å². The largest absolute Gasteiger partial charge is 0.478 e. The van der Waals surface area contributed by atoms with E-state index < -0.39 is 12.1 Å². The smallest absolute Gasteiger partial charge is 0.335 e. The minimum atomic E-state index is -0.949. The molecule has 3 heteroatoms. The lowest BCUT2D eigenvalue weighted by Crippen LogP contribution is -2.12. The van der Waals surface area contributed by atoms with Crippen LogP contribution in [-0.2, 0) is 5.41 Å². The topological polar surface area (TPSA) is 57.5 Å². The number of benzene rings is 1. The van der Waals surface area contributed by atoms with Gasteiger partial charge in [-0.05, 0) is 35.1 Å². The fourth-order valence-electron chi connectivity index (χ4n) is 2.29. The molecule has 0 saturated heterocycles. The maximum atomic E-state index is 10.8. The first-order chi connectivity index (χ1) is 6.92. The monoisotopic (exact) mass is 206 g/mol. The van der Waals surface area contributed by atoms with E-state index in [1.165, 1.54) is 0 Å². The van der Waals surface area contributed by atoms with Crippen molar-refractivity contribution < 1.29 is 15.0 Å². The Morgan fingerprint density at radius 1 is 1.47 bits per heavy atom. The zero-order valence-corrected chi connectivity index (χ0v) is 8.82. The van der Waals surface area contributed by atoms with Gasteiger partial charge in [-0.3, -0.25) is 0 Å². The van der Waals surface area contributed by atoms with Crippen LogP contribution in [0.2, 0.25) is 0 Å². The lowest BCUT2D eigenvalue weighted by Gasteiger charge is -2.18. The Balaban J connectivity index is 2.55. The maximum absolute atomic E-state index is 10.8. The summed E-state index contributed by atoms with van der Waals surface area (Å²) in [5, 5.41) is 18.7. The molecular weight excluding hydrogens is 192 g/mol. The SMILES string of the molecule is CC1(C)CC(O)c2cc(C(=O)O)ccc21. The minimum absolute atomic E-state index is 0.0637. The van der Waals surface area contributed by atoms with Crippen molar-refractivity contribution >= 4 is 5.97 Å². The number of aromatic carboxylic acids is 1. The van der Waals surface area contributed by atoms with Crippen LogP contribution in [0, 0.1) is 0 Å². The second-order valence-electron chi connectivity index (χ2n) is 4.71. The first kappa shape index (κ1) is 10.2. The van der Waals surface area contributed by atoms with Crippen LogP contribution >= 0.6 is 0 Å². The number of carboxylic acid groups (broad SMARTS) is 1. The van der Waals surface area contributed by atoms with Gasteiger partial charge >= 0.3 is 5.97 Å². The van der Waals surface area contributed by atoms with Crippen molar-refractivity contribution in [2.24, 2.45) is 0 Å². The summed E-state index contributed by atoms with van der Waals surface area (Å²) in [6, 6.07) is 4.99. The van der Waals surface area contributed by atoms with Crippen molar-refractivity contribution in [2.75, 3.05) is 0 Å². The lowest BCUT2D eigenvalue weighted by atomic mass is 9.86. The van der Waals surface area contributed by atoms with Crippen molar-refractivity contribution in [2.45, 2.75) is 31.8 Å². The van der Waals surface area contributed by atoms with Crippen LogP contribution in [-0.4, -0.2) is 16.2 Å². The fourth-order valence-corrected chi connectivity index (χ4v) is 2.29. The molecule has 80 valence electrons. The molecule has 0 amide bonds. The highest BCUT2D eigenvalue weighted by Gasteiger charge is 2.36. The summed E-state index contributed by atoms with van der Waals surface area (Å²) in [5.74, 6) is -0.949. The molecule has 0 spiro atoms. The minimum Gasteiger partial charge on any atom is -0.478 e. The highest BCUT2D eigenvalue weighted by atomic mass is 16.4. The van der Waals surface area contributed by atoms with Gasteiger partial charge in [-0.15, -0.1) is 0 Å². The Bertz CT molecular complexity index is 421. The van der Waals surface area contributed by atoms with Crippen molar-refractivity contribution in [3.63, 3.8) is 0 Å². The van der Waals surface area contributed by atoms with Crippen molar-refractivity contribution in [3.05, 3.63) is 34.9 Å². The number of hydrogen-bond donors (Lipinski definition) is 2. The van der Waals surface area contributed by atoms with E-state index in [-0.39, 0.29) is 11.0 Å². The molecule has 1 unspecified atom stereocenters. The summed E-state index contributed by atoms with van der Waals surface area (Å²) in [7, 11) is 0. The van der Waals surface area contributed by atoms with Crippen LogP contribution < -0.4 is 0 Å². The van der Waals surface area contributed by atoms with E-state index in [0.717, 1.165) is 11.1 Å². The summed E-state index contributed by atoms with van der Waals surface area (Å²) < 4.78 is 0. The van der Waals surface area contributed by atoms with Gasteiger partial charge in [0.2, 0.25) is 0 Å². The number of aliphatic hydroxyl groups is 1. The van der Waals surface area contributed by atoms with Crippen LogP contribution in [0.25, 0.3) is 0 Å². The van der Waals surface area contributed by atoms with Crippen molar-refractivity contribution in [1.82, 2.24) is 0 Å². The molecule has 0 radical (unpaired) electrons. The Kier molecular flexibility index (Phi) is 2.08. The number of carbonyl (C=O) groups is 1. The van der Waals surface area contributed by atoms with Crippen molar-refractivity contribution in [1.29, 1.82) is 0 Å². The zero-order valence-electron chi connectivity index (χ0n) is 8.82. The second kappa shape index (κ2) is 3.07. The quantitative estimate of drug-likeness (QED) is 0.739. The van der Waals surface area contributed by atoms with Gasteiger partial charge in [0, 0.05) is 0 Å². The number of aliphatic hydroxyl groups excluding tert-OH is 1. The van der Waals surface area contributed by atoms with Gasteiger partial charge in [-0.1, -0.05) is 19.9 Å². The molecule has 0 bridgehead atoms. The third-order valence-electron chi connectivity index (χ3n) is 3.09. The molecule has 0 heterocycles. The molecule has 1 aliphatic rings. The van der Waals surface area contributed by atoms with E-state index in [1.54, 1.807) is 12.1 Å². The predicted octanol–water partition coefficient (Wildman–Crippen LogP) is 2.10. The number of carboxylic acids is 1. The molecule has 1 aromatic rings. The average molecular weight is 206 g/mol. The molecule has 1 aromatic carbocycles. The van der Waals surface area contributed by atoms with Crippen LogP contribution in [0.5, 0.6) is 0 Å². The molecule has 0 aromatic heterocycles. The number of hydrogen-bond acceptors (Lipinski definition) is 2. The lowest BCUT2D eigenvalue weighted by molar-refractivity contribution is 0.0696. The summed E-state index contributed by atoms with van der Waals surface area (Å²) in [6.07, 6.45) is 0.125. The van der Waals surface area contributed by atoms with E-state index in [9.17, 15) is 9.90 Å². The van der Waals surface area contributed by atoms with Gasteiger partial charge in [0.15, 0.2) is 0 Å². The fraction of sp³-hybridized carbons (Fsp3) is 0.417. The normalized spacial score (nSPS) is 22.5. The molecule has 15 heavy (non-hydrogen) atoms. The van der Waals surface area contributed by atoms with E-state index >= 15 is 0 Å². The molecule has 0 aliphatic heterocycles. The van der Waals surface area contributed by atoms with E-state index in [2.05, 4.69) is 13.8 Å². The van der Waals surface area contributed by atoms with Gasteiger partial charge in [0.25, 0.3) is 0 Å². The van der Waals surface area contributed by atoms with Crippen LogP contribution in [0.1, 0.15) is 47.9 Å². The standard InChI is InChI=1S/C12H14O3/c1-12(2)6-10(13)8-5-7(11(14)15)3-4-9(8)12/h3-5,10,13H,6H2,1-2H3,(H,14,15). The highest BCUT2D eigenvalue weighted by molar-refractivity contribution is 5.88. The first-order valence-electron chi connectivity index (χ1n) is 4.97.